The molecule has 1 unspecified atom stereocenters. The van der Waals surface area contributed by atoms with Crippen molar-refractivity contribution in [3.8, 4) is 0 Å². The minimum Gasteiger partial charge on any atom is -0.355 e. The van der Waals surface area contributed by atoms with Gasteiger partial charge in [0.15, 0.2) is 5.96 Å². The number of rotatable bonds is 7. The Balaban J connectivity index is 2.25. The van der Waals surface area contributed by atoms with Crippen molar-refractivity contribution >= 4 is 5.96 Å². The van der Waals surface area contributed by atoms with Gasteiger partial charge in [-0.15, -0.1) is 0 Å². The zero-order valence-corrected chi connectivity index (χ0v) is 12.7. The van der Waals surface area contributed by atoms with E-state index in [2.05, 4.69) is 48.2 Å². The van der Waals surface area contributed by atoms with E-state index in [1.165, 1.54) is 12.8 Å². The van der Waals surface area contributed by atoms with Crippen molar-refractivity contribution in [2.45, 2.75) is 65.1 Å². The van der Waals surface area contributed by atoms with Crippen molar-refractivity contribution in [2.75, 3.05) is 20.1 Å². The number of hydrogen-bond acceptors (Lipinski definition) is 2. The Morgan fingerprint density at radius 2 is 2.00 bits per heavy atom. The molecule has 1 fully saturated rings. The molecule has 1 rings (SSSR count). The van der Waals surface area contributed by atoms with Crippen molar-refractivity contribution in [3.05, 3.63) is 0 Å². The highest BCUT2D eigenvalue weighted by atomic mass is 15.2. The lowest BCUT2D eigenvalue weighted by molar-refractivity contribution is 0.215. The molecule has 1 aliphatic carbocycles. The van der Waals surface area contributed by atoms with E-state index in [9.17, 15) is 0 Å². The van der Waals surface area contributed by atoms with Crippen LogP contribution in [0, 0.1) is 0 Å². The lowest BCUT2D eigenvalue weighted by Crippen LogP contribution is -2.46. The van der Waals surface area contributed by atoms with Crippen molar-refractivity contribution in [2.24, 2.45) is 4.99 Å². The first-order chi connectivity index (χ1) is 8.58. The van der Waals surface area contributed by atoms with Gasteiger partial charge in [-0.25, -0.2) is 0 Å². The summed E-state index contributed by atoms with van der Waals surface area (Å²) >= 11 is 0. The van der Waals surface area contributed by atoms with E-state index in [4.69, 9.17) is 0 Å². The van der Waals surface area contributed by atoms with Gasteiger partial charge in [0, 0.05) is 38.3 Å². The first-order valence-electron chi connectivity index (χ1n) is 7.31. The second kappa shape index (κ2) is 7.62. The number of guanidine groups is 1. The first kappa shape index (κ1) is 15.3. The molecule has 0 aromatic heterocycles. The molecule has 1 saturated carbocycles. The minimum absolute atomic E-state index is 0.473. The van der Waals surface area contributed by atoms with Gasteiger partial charge in [0.05, 0.1) is 0 Å². The minimum atomic E-state index is 0.473. The fraction of sp³-hybridized carbons (Fsp3) is 0.929. The highest BCUT2D eigenvalue weighted by molar-refractivity contribution is 5.79. The van der Waals surface area contributed by atoms with Gasteiger partial charge in [-0.3, -0.25) is 9.89 Å². The molecule has 4 nitrogen and oxygen atoms in total. The molecule has 0 amide bonds. The van der Waals surface area contributed by atoms with Crippen LogP contribution in [0.1, 0.15) is 47.0 Å². The highest BCUT2D eigenvalue weighted by Gasteiger charge is 2.30. The molecular weight excluding hydrogens is 224 g/mol. The third-order valence-corrected chi connectivity index (χ3v) is 3.56. The molecule has 0 spiro atoms. The van der Waals surface area contributed by atoms with E-state index < -0.39 is 0 Å². The molecule has 0 radical (unpaired) electrons. The van der Waals surface area contributed by atoms with Gasteiger partial charge in [-0.05, 0) is 40.0 Å². The molecule has 0 aromatic rings. The van der Waals surface area contributed by atoms with Crippen molar-refractivity contribution in [1.29, 1.82) is 0 Å². The van der Waals surface area contributed by atoms with E-state index in [-0.39, 0.29) is 0 Å². The van der Waals surface area contributed by atoms with Crippen LogP contribution in [0.2, 0.25) is 0 Å². The molecule has 0 saturated heterocycles. The fourth-order valence-electron chi connectivity index (χ4n) is 2.10. The molecule has 2 N–H and O–H groups in total. The van der Waals surface area contributed by atoms with E-state index in [0.29, 0.717) is 12.1 Å². The average molecular weight is 254 g/mol. The molecule has 0 aromatic carbocycles. The summed E-state index contributed by atoms with van der Waals surface area (Å²) in [4.78, 5) is 6.84. The van der Waals surface area contributed by atoms with Crippen LogP contribution in [0.5, 0.6) is 0 Å². The maximum Gasteiger partial charge on any atom is 0.191 e. The van der Waals surface area contributed by atoms with Crippen LogP contribution < -0.4 is 10.6 Å². The van der Waals surface area contributed by atoms with Crippen molar-refractivity contribution in [3.63, 3.8) is 0 Å². The summed E-state index contributed by atoms with van der Waals surface area (Å²) in [7, 11) is 1.83. The quantitative estimate of drug-likeness (QED) is 0.538. The van der Waals surface area contributed by atoms with Gasteiger partial charge in [0.2, 0.25) is 0 Å². The first-order valence-corrected chi connectivity index (χ1v) is 7.31. The Morgan fingerprint density at radius 3 is 2.44 bits per heavy atom. The molecule has 1 atom stereocenters. The molecule has 106 valence electrons. The number of hydrogen-bond donors (Lipinski definition) is 2. The Labute approximate surface area is 112 Å². The van der Waals surface area contributed by atoms with Crippen LogP contribution in [0.4, 0.5) is 0 Å². The number of nitrogens with zero attached hydrogens (tertiary/aromatic N) is 2. The molecule has 0 aliphatic heterocycles. The molecule has 0 bridgehead atoms. The predicted molar refractivity (Wildman–Crippen MR) is 79.1 cm³/mol. The van der Waals surface area contributed by atoms with Gasteiger partial charge in [-0.2, -0.15) is 0 Å². The van der Waals surface area contributed by atoms with Crippen molar-refractivity contribution in [1.82, 2.24) is 15.5 Å². The summed E-state index contributed by atoms with van der Waals surface area (Å²) in [5, 5.41) is 6.78. The van der Waals surface area contributed by atoms with Crippen LogP contribution in [0.3, 0.4) is 0 Å². The van der Waals surface area contributed by atoms with E-state index in [1.54, 1.807) is 0 Å². The van der Waals surface area contributed by atoms with Crippen LogP contribution in [-0.2, 0) is 0 Å². The Bertz CT molecular complexity index is 257. The lowest BCUT2D eigenvalue weighted by atomic mass is 10.3. The summed E-state index contributed by atoms with van der Waals surface area (Å²) < 4.78 is 0. The van der Waals surface area contributed by atoms with E-state index in [1.807, 2.05) is 7.05 Å². The predicted octanol–water partition coefficient (Wildman–Crippen LogP) is 1.82. The second-order valence-corrected chi connectivity index (χ2v) is 5.52. The van der Waals surface area contributed by atoms with Gasteiger partial charge < -0.3 is 10.6 Å². The zero-order chi connectivity index (χ0) is 13.5. The Kier molecular flexibility index (Phi) is 6.47. The van der Waals surface area contributed by atoms with E-state index in [0.717, 1.165) is 31.5 Å². The van der Waals surface area contributed by atoms with Gasteiger partial charge in [-0.1, -0.05) is 6.92 Å². The largest absolute Gasteiger partial charge is 0.355 e. The number of aliphatic imine (C=N–C) groups is 1. The van der Waals surface area contributed by atoms with Crippen LogP contribution in [-0.4, -0.2) is 49.1 Å². The summed E-state index contributed by atoms with van der Waals surface area (Å²) in [6.07, 6.45) is 3.86. The summed E-state index contributed by atoms with van der Waals surface area (Å²) in [5.41, 5.74) is 0. The Morgan fingerprint density at radius 1 is 1.33 bits per heavy atom. The topological polar surface area (TPSA) is 39.7 Å². The zero-order valence-electron chi connectivity index (χ0n) is 12.7. The van der Waals surface area contributed by atoms with Gasteiger partial charge in [0.1, 0.15) is 0 Å². The van der Waals surface area contributed by atoms with Crippen LogP contribution in [0.15, 0.2) is 4.99 Å². The normalized spacial score (nSPS) is 18.3. The summed E-state index contributed by atoms with van der Waals surface area (Å²) in [5.74, 6) is 0.920. The van der Waals surface area contributed by atoms with Gasteiger partial charge in [0.25, 0.3) is 0 Å². The molecule has 1 aliphatic rings. The molecule has 4 heteroatoms. The maximum absolute atomic E-state index is 4.25. The van der Waals surface area contributed by atoms with Crippen LogP contribution >= 0.6 is 0 Å². The fourth-order valence-corrected chi connectivity index (χ4v) is 2.10. The van der Waals surface area contributed by atoms with Crippen LogP contribution in [0.25, 0.3) is 0 Å². The SMILES string of the molecule is CCC(C)NC(=NC)NCCN(C(C)C)C1CC1. The smallest absolute Gasteiger partial charge is 0.191 e. The Hall–Kier alpha value is -0.770. The maximum atomic E-state index is 4.25. The summed E-state index contributed by atoms with van der Waals surface area (Å²) in [6.45, 7) is 11.0. The second-order valence-electron chi connectivity index (χ2n) is 5.52. The summed E-state index contributed by atoms with van der Waals surface area (Å²) in [6, 6.07) is 1.95. The molecular formula is C14H30N4. The average Bonchev–Trinajstić information content (AvgIpc) is 3.16. The highest BCUT2D eigenvalue weighted by Crippen LogP contribution is 2.27. The monoisotopic (exact) mass is 254 g/mol. The lowest BCUT2D eigenvalue weighted by Gasteiger charge is -2.27. The van der Waals surface area contributed by atoms with E-state index >= 15 is 0 Å². The molecule has 18 heavy (non-hydrogen) atoms. The van der Waals surface area contributed by atoms with Gasteiger partial charge >= 0.3 is 0 Å². The third-order valence-electron chi connectivity index (χ3n) is 3.56. The van der Waals surface area contributed by atoms with Crippen molar-refractivity contribution < 1.29 is 0 Å². The third kappa shape index (κ3) is 5.25. The standard InChI is InChI=1S/C14H30N4/c1-6-12(4)17-14(15-5)16-9-10-18(11(2)3)13-7-8-13/h11-13H,6-10H2,1-5H3,(H2,15,16,17). The molecule has 0 heterocycles. The number of nitrogens with one attached hydrogen (secondary N) is 2.